The summed E-state index contributed by atoms with van der Waals surface area (Å²) in [5, 5.41) is 3.69. The van der Waals surface area contributed by atoms with Gasteiger partial charge < -0.3 is 10.1 Å². The van der Waals surface area contributed by atoms with Gasteiger partial charge >= 0.3 is 5.97 Å². The second-order valence-electron chi connectivity index (χ2n) is 10.1. The number of esters is 1. The number of hydrogen-bond donors (Lipinski definition) is 1. The number of carbonyl (C=O) groups excluding carboxylic acids is 1. The number of aromatic nitrogens is 2. The number of carbonyl (C=O) groups is 1. The van der Waals surface area contributed by atoms with Gasteiger partial charge in [0.1, 0.15) is 32.8 Å². The van der Waals surface area contributed by atoms with Crippen molar-refractivity contribution in [3.8, 4) is 10.6 Å². The van der Waals surface area contributed by atoms with Crippen molar-refractivity contribution in [3.63, 3.8) is 0 Å². The van der Waals surface area contributed by atoms with E-state index < -0.39 is 11.6 Å². The van der Waals surface area contributed by atoms with E-state index >= 15 is 4.39 Å². The maximum Gasteiger partial charge on any atom is 0.323 e. The van der Waals surface area contributed by atoms with E-state index in [0.717, 1.165) is 21.6 Å². The predicted molar refractivity (Wildman–Crippen MR) is 141 cm³/mol. The van der Waals surface area contributed by atoms with Crippen LogP contribution in [0.15, 0.2) is 72.8 Å². The van der Waals surface area contributed by atoms with Gasteiger partial charge in [0.15, 0.2) is 0 Å². The Hall–Kier alpha value is -3.42. The summed E-state index contributed by atoms with van der Waals surface area (Å²) in [6.07, 6.45) is 4.29. The van der Waals surface area contributed by atoms with Crippen LogP contribution in [-0.2, 0) is 21.5 Å². The van der Waals surface area contributed by atoms with Gasteiger partial charge in [-0.05, 0) is 63.1 Å². The van der Waals surface area contributed by atoms with Gasteiger partial charge in [-0.15, -0.1) is 0 Å². The molecule has 0 fully saturated rings. The Kier molecular flexibility index (Phi) is 6.22. The lowest BCUT2D eigenvalue weighted by Crippen LogP contribution is -2.38. The van der Waals surface area contributed by atoms with E-state index in [1.54, 1.807) is 13.0 Å². The molecular formula is C29H28FN3O2S. The van der Waals surface area contributed by atoms with E-state index in [4.69, 9.17) is 9.72 Å². The van der Waals surface area contributed by atoms with Crippen molar-refractivity contribution in [1.82, 2.24) is 15.3 Å². The van der Waals surface area contributed by atoms with Crippen LogP contribution in [0.2, 0.25) is 0 Å². The molecule has 0 amide bonds. The average molecular weight is 502 g/mol. The molecule has 0 saturated carbocycles. The van der Waals surface area contributed by atoms with E-state index in [2.05, 4.69) is 34.6 Å². The molecule has 0 saturated heterocycles. The highest BCUT2D eigenvalue weighted by atomic mass is 32.1. The second-order valence-corrected chi connectivity index (χ2v) is 11.0. The number of hydrogen-bond acceptors (Lipinski definition) is 6. The fraction of sp³-hybridized carbons (Fsp3) is 0.276. The van der Waals surface area contributed by atoms with E-state index in [0.29, 0.717) is 17.1 Å². The van der Waals surface area contributed by atoms with Crippen LogP contribution >= 0.6 is 11.3 Å². The van der Waals surface area contributed by atoms with Crippen LogP contribution in [0.25, 0.3) is 20.9 Å². The smallest absolute Gasteiger partial charge is 0.323 e. The molecule has 1 aliphatic carbocycles. The highest BCUT2D eigenvalue weighted by molar-refractivity contribution is 7.21. The highest BCUT2D eigenvalue weighted by Crippen LogP contribution is 2.45. The molecule has 2 heterocycles. The maximum absolute atomic E-state index is 15.1. The summed E-state index contributed by atoms with van der Waals surface area (Å²) in [4.78, 5) is 22.5. The molecule has 0 bridgehead atoms. The number of nitrogens with one attached hydrogen (secondary N) is 1. The summed E-state index contributed by atoms with van der Waals surface area (Å²) < 4.78 is 20.5. The third-order valence-electron chi connectivity index (χ3n) is 6.07. The minimum absolute atomic E-state index is 0.268. The number of nitrogens with zero attached hydrogens (tertiary/aromatic N) is 2. The molecule has 1 aliphatic rings. The third kappa shape index (κ3) is 4.94. The van der Waals surface area contributed by atoms with Gasteiger partial charge in [0.05, 0.1) is 11.1 Å². The van der Waals surface area contributed by atoms with Gasteiger partial charge in [-0.25, -0.2) is 14.4 Å². The average Bonchev–Trinajstić information content (AvgIpc) is 3.55. The van der Waals surface area contributed by atoms with E-state index in [9.17, 15) is 4.79 Å². The molecular weight excluding hydrogens is 473 g/mol. The maximum atomic E-state index is 15.1. The Morgan fingerprint density at radius 2 is 1.83 bits per heavy atom. The number of benzene rings is 2. The fourth-order valence-corrected chi connectivity index (χ4v) is 5.02. The second kappa shape index (κ2) is 9.22. The molecule has 1 atom stereocenters. The molecule has 0 radical (unpaired) electrons. The Labute approximate surface area is 214 Å². The standard InChI is InChI=1S/C29H28FN3O2S/c1-18(27(34)35-28(2,3)4)31-17-19-10-11-21(22(30)16-19)25-32-23-12-13-24(33-26(23)36-25)29(14-15-29)20-8-6-5-7-9-20/h5-16,18,31H,17H2,1-4H3. The number of pyridine rings is 1. The number of fused-ring (bicyclic) bond motifs is 1. The highest BCUT2D eigenvalue weighted by Gasteiger charge is 2.39. The molecule has 0 aliphatic heterocycles. The topological polar surface area (TPSA) is 64.1 Å². The number of ether oxygens (including phenoxy) is 1. The fourth-order valence-electron chi connectivity index (χ4n) is 4.06. The van der Waals surface area contributed by atoms with E-state index in [1.165, 1.54) is 23.0 Å². The number of thiazole rings is 1. The minimum Gasteiger partial charge on any atom is -0.459 e. The molecule has 5 nitrogen and oxygen atoms in total. The first kappa shape index (κ1) is 24.3. The van der Waals surface area contributed by atoms with Gasteiger partial charge in [0.2, 0.25) is 0 Å². The number of halogens is 1. The predicted octanol–water partition coefficient (Wildman–Crippen LogP) is 6.17. The number of allylic oxidation sites excluding steroid dienone is 2. The summed E-state index contributed by atoms with van der Waals surface area (Å²) in [6, 6.07) is 18.8. The summed E-state index contributed by atoms with van der Waals surface area (Å²) in [7, 11) is 0. The Bertz CT molecular complexity index is 1450. The van der Waals surface area contributed by atoms with Gasteiger partial charge in [0.25, 0.3) is 0 Å². The summed E-state index contributed by atoms with van der Waals surface area (Å²) in [5.74, 6) is -0.695. The molecule has 2 aromatic heterocycles. The Morgan fingerprint density at radius 1 is 1.08 bits per heavy atom. The third-order valence-corrected chi connectivity index (χ3v) is 7.07. The molecule has 2 aromatic carbocycles. The van der Waals surface area contributed by atoms with Crippen LogP contribution in [0.3, 0.4) is 0 Å². The van der Waals surface area contributed by atoms with E-state index in [1.807, 2.05) is 57.2 Å². The molecule has 36 heavy (non-hydrogen) atoms. The van der Waals surface area contributed by atoms with Crippen LogP contribution in [-0.4, -0.2) is 27.6 Å². The van der Waals surface area contributed by atoms with Gasteiger partial charge in [-0.2, -0.15) is 0 Å². The van der Waals surface area contributed by atoms with Crippen molar-refractivity contribution >= 4 is 27.7 Å². The Morgan fingerprint density at radius 3 is 2.50 bits per heavy atom. The van der Waals surface area contributed by atoms with Gasteiger partial charge in [0, 0.05) is 12.1 Å². The Balaban J connectivity index is 1.32. The van der Waals surface area contributed by atoms with Crippen molar-refractivity contribution in [2.24, 2.45) is 0 Å². The zero-order chi connectivity index (χ0) is 25.5. The normalized spacial score (nSPS) is 15.1. The monoisotopic (exact) mass is 501 g/mol. The lowest BCUT2D eigenvalue weighted by Gasteiger charge is -2.22. The lowest BCUT2D eigenvalue weighted by molar-refractivity contribution is -0.157. The molecule has 7 heteroatoms. The minimum atomic E-state index is -0.551. The van der Waals surface area contributed by atoms with Crippen molar-refractivity contribution in [1.29, 1.82) is 0 Å². The first-order valence-corrected chi connectivity index (χ1v) is 12.8. The molecule has 1 unspecified atom stereocenters. The summed E-state index contributed by atoms with van der Waals surface area (Å²) >= 11 is 1.38. The molecule has 1 N–H and O–H groups in total. The molecule has 4 aromatic rings. The zero-order valence-electron chi connectivity index (χ0n) is 20.7. The van der Waals surface area contributed by atoms with Crippen LogP contribution < -0.4 is 5.32 Å². The molecule has 184 valence electrons. The van der Waals surface area contributed by atoms with Crippen molar-refractivity contribution in [3.05, 3.63) is 95.5 Å². The lowest BCUT2D eigenvalue weighted by atomic mass is 9.89. The van der Waals surface area contributed by atoms with Crippen LogP contribution in [0.5, 0.6) is 0 Å². The van der Waals surface area contributed by atoms with Crippen molar-refractivity contribution < 1.29 is 13.9 Å². The van der Waals surface area contributed by atoms with Crippen LogP contribution in [0, 0.1) is 5.82 Å². The first-order chi connectivity index (χ1) is 17.1. The quantitative estimate of drug-likeness (QED) is 0.242. The van der Waals surface area contributed by atoms with Crippen LogP contribution in [0.1, 0.15) is 44.5 Å². The SMILES string of the molecule is CC(NCc1ccc(-c2nc3ccc(C4(c5ccccc5)C=C4)nc3s2)c(F)c1)C(=O)OC(C)(C)C. The van der Waals surface area contributed by atoms with Gasteiger partial charge in [-0.1, -0.05) is 59.9 Å². The largest absolute Gasteiger partial charge is 0.459 e. The van der Waals surface area contributed by atoms with Crippen molar-refractivity contribution in [2.45, 2.75) is 51.3 Å². The molecule has 5 rings (SSSR count). The zero-order valence-corrected chi connectivity index (χ0v) is 21.5. The van der Waals surface area contributed by atoms with Crippen LogP contribution in [0.4, 0.5) is 4.39 Å². The summed E-state index contributed by atoms with van der Waals surface area (Å²) in [5.41, 5.74) is 3.22. The first-order valence-electron chi connectivity index (χ1n) is 11.9. The number of rotatable bonds is 7. The summed E-state index contributed by atoms with van der Waals surface area (Å²) in [6.45, 7) is 7.56. The van der Waals surface area contributed by atoms with Gasteiger partial charge in [-0.3, -0.25) is 4.79 Å². The van der Waals surface area contributed by atoms with E-state index in [-0.39, 0.29) is 17.2 Å². The van der Waals surface area contributed by atoms with Crippen molar-refractivity contribution in [2.75, 3.05) is 0 Å². The molecule has 0 spiro atoms.